The first-order chi connectivity index (χ1) is 11.7. The van der Waals surface area contributed by atoms with Gasteiger partial charge in [-0.2, -0.15) is 0 Å². The van der Waals surface area contributed by atoms with E-state index < -0.39 is 5.41 Å². The van der Waals surface area contributed by atoms with Crippen molar-refractivity contribution < 1.29 is 19.1 Å². The molecule has 0 spiro atoms. The van der Waals surface area contributed by atoms with Crippen molar-refractivity contribution in [2.24, 2.45) is 5.41 Å². The molecular formula is C18H22N2O4. The number of carbonyl (C=O) groups is 2. The molecule has 1 N–H and O–H groups in total. The van der Waals surface area contributed by atoms with Crippen molar-refractivity contribution in [3.8, 4) is 11.5 Å². The van der Waals surface area contributed by atoms with Gasteiger partial charge in [0.2, 0.25) is 18.6 Å². The van der Waals surface area contributed by atoms with Gasteiger partial charge in [-0.05, 0) is 49.8 Å². The van der Waals surface area contributed by atoms with Gasteiger partial charge in [0.15, 0.2) is 11.5 Å². The van der Waals surface area contributed by atoms with Gasteiger partial charge in [0.1, 0.15) is 5.41 Å². The van der Waals surface area contributed by atoms with Crippen LogP contribution >= 0.6 is 0 Å². The Morgan fingerprint density at radius 2 is 1.83 bits per heavy atom. The van der Waals surface area contributed by atoms with E-state index in [0.29, 0.717) is 25.1 Å². The molecule has 128 valence electrons. The number of hydrogen-bond donors (Lipinski definition) is 1. The lowest BCUT2D eigenvalue weighted by atomic mass is 10.0. The lowest BCUT2D eigenvalue weighted by Crippen LogP contribution is -2.46. The van der Waals surface area contributed by atoms with Crippen molar-refractivity contribution in [1.29, 1.82) is 0 Å². The SMILES string of the molecule is O=C(NCc1ccc2c(c1)OCO2)C1(C(=O)N2CCCCC2)CC1. The average Bonchev–Trinajstić information content (AvgIpc) is 3.31. The van der Waals surface area contributed by atoms with Crippen LogP contribution in [0.2, 0.25) is 0 Å². The van der Waals surface area contributed by atoms with Crippen LogP contribution in [0.4, 0.5) is 0 Å². The van der Waals surface area contributed by atoms with E-state index in [9.17, 15) is 9.59 Å². The van der Waals surface area contributed by atoms with E-state index >= 15 is 0 Å². The highest BCUT2D eigenvalue weighted by atomic mass is 16.7. The molecule has 6 nitrogen and oxygen atoms in total. The Hall–Kier alpha value is -2.24. The summed E-state index contributed by atoms with van der Waals surface area (Å²) in [6.45, 7) is 2.20. The second kappa shape index (κ2) is 6.00. The lowest BCUT2D eigenvalue weighted by molar-refractivity contribution is -0.145. The van der Waals surface area contributed by atoms with E-state index in [2.05, 4.69) is 5.32 Å². The normalized spacial score (nSPS) is 20.6. The van der Waals surface area contributed by atoms with E-state index in [-0.39, 0.29) is 18.6 Å². The molecule has 0 aromatic heterocycles. The monoisotopic (exact) mass is 330 g/mol. The van der Waals surface area contributed by atoms with Gasteiger partial charge in [0.05, 0.1) is 0 Å². The van der Waals surface area contributed by atoms with Crippen molar-refractivity contribution >= 4 is 11.8 Å². The largest absolute Gasteiger partial charge is 0.454 e. The zero-order valence-corrected chi connectivity index (χ0v) is 13.7. The summed E-state index contributed by atoms with van der Waals surface area (Å²) in [4.78, 5) is 27.2. The number of likely N-dealkylation sites (tertiary alicyclic amines) is 1. The molecule has 1 saturated carbocycles. The number of hydrogen-bond acceptors (Lipinski definition) is 4. The molecule has 4 rings (SSSR count). The molecule has 1 aromatic carbocycles. The van der Waals surface area contributed by atoms with Crippen LogP contribution in [0, 0.1) is 5.41 Å². The number of ether oxygens (including phenoxy) is 2. The number of amides is 2. The van der Waals surface area contributed by atoms with Crippen LogP contribution in [0.3, 0.4) is 0 Å². The number of fused-ring (bicyclic) bond motifs is 1. The number of benzene rings is 1. The quantitative estimate of drug-likeness (QED) is 0.855. The maximum Gasteiger partial charge on any atom is 0.238 e. The summed E-state index contributed by atoms with van der Waals surface area (Å²) in [7, 11) is 0. The summed E-state index contributed by atoms with van der Waals surface area (Å²) in [6.07, 6.45) is 4.58. The fourth-order valence-electron chi connectivity index (χ4n) is 3.47. The first-order valence-corrected chi connectivity index (χ1v) is 8.65. The molecule has 6 heteroatoms. The van der Waals surface area contributed by atoms with Crippen LogP contribution < -0.4 is 14.8 Å². The van der Waals surface area contributed by atoms with Gasteiger partial charge >= 0.3 is 0 Å². The summed E-state index contributed by atoms with van der Waals surface area (Å²) in [6, 6.07) is 5.62. The number of rotatable bonds is 4. The Balaban J connectivity index is 1.38. The van der Waals surface area contributed by atoms with Crippen LogP contribution in [0.15, 0.2) is 18.2 Å². The van der Waals surface area contributed by atoms with Gasteiger partial charge in [-0.3, -0.25) is 9.59 Å². The summed E-state index contributed by atoms with van der Waals surface area (Å²) in [5.41, 5.74) is 0.127. The van der Waals surface area contributed by atoms with Crippen molar-refractivity contribution in [2.45, 2.75) is 38.6 Å². The second-order valence-electron chi connectivity index (χ2n) is 6.81. The van der Waals surface area contributed by atoms with Crippen molar-refractivity contribution in [3.05, 3.63) is 23.8 Å². The molecule has 24 heavy (non-hydrogen) atoms. The summed E-state index contributed by atoms with van der Waals surface area (Å²) in [5.74, 6) is 1.30. The third-order valence-electron chi connectivity index (χ3n) is 5.13. The maximum atomic E-state index is 12.7. The standard InChI is InChI=1S/C18H22N2O4/c21-16(18(6-7-18)17(22)20-8-2-1-3-9-20)19-11-13-4-5-14-15(10-13)24-12-23-14/h4-5,10H,1-3,6-9,11-12H2,(H,19,21). The van der Waals surface area contributed by atoms with Gasteiger partial charge in [-0.15, -0.1) is 0 Å². The highest BCUT2D eigenvalue weighted by molar-refractivity contribution is 6.07. The summed E-state index contributed by atoms with van der Waals surface area (Å²) >= 11 is 0. The third-order valence-corrected chi connectivity index (χ3v) is 5.13. The molecule has 1 aromatic rings. The van der Waals surface area contributed by atoms with Crippen molar-refractivity contribution in [1.82, 2.24) is 10.2 Å². The summed E-state index contributed by atoms with van der Waals surface area (Å²) < 4.78 is 10.6. The molecule has 0 radical (unpaired) electrons. The first-order valence-electron chi connectivity index (χ1n) is 8.65. The molecule has 2 heterocycles. The molecule has 1 saturated heterocycles. The number of nitrogens with one attached hydrogen (secondary N) is 1. The number of carbonyl (C=O) groups excluding carboxylic acids is 2. The Labute approximate surface area is 141 Å². The molecule has 0 atom stereocenters. The van der Waals surface area contributed by atoms with Gasteiger partial charge in [0, 0.05) is 19.6 Å². The van der Waals surface area contributed by atoms with Crippen LogP contribution in [-0.2, 0) is 16.1 Å². The minimum atomic E-state index is -0.812. The van der Waals surface area contributed by atoms with Crippen LogP contribution in [0.5, 0.6) is 11.5 Å². The van der Waals surface area contributed by atoms with E-state index in [4.69, 9.17) is 9.47 Å². The van der Waals surface area contributed by atoms with Crippen LogP contribution in [0.1, 0.15) is 37.7 Å². The van der Waals surface area contributed by atoms with E-state index in [1.165, 1.54) is 6.42 Å². The Morgan fingerprint density at radius 3 is 2.58 bits per heavy atom. The average molecular weight is 330 g/mol. The summed E-state index contributed by atoms with van der Waals surface area (Å²) in [5, 5.41) is 2.93. The number of piperidine rings is 1. The molecule has 2 aliphatic heterocycles. The first kappa shape index (κ1) is 15.3. The third kappa shape index (κ3) is 2.70. The predicted octanol–water partition coefficient (Wildman–Crippen LogP) is 1.82. The minimum absolute atomic E-state index is 0.0189. The molecule has 3 aliphatic rings. The van der Waals surface area contributed by atoms with Gasteiger partial charge in [-0.25, -0.2) is 0 Å². The molecule has 0 bridgehead atoms. The smallest absolute Gasteiger partial charge is 0.238 e. The van der Waals surface area contributed by atoms with Gasteiger partial charge < -0.3 is 19.7 Å². The van der Waals surface area contributed by atoms with Crippen LogP contribution in [-0.4, -0.2) is 36.6 Å². The predicted molar refractivity (Wildman–Crippen MR) is 86.5 cm³/mol. The minimum Gasteiger partial charge on any atom is -0.454 e. The molecule has 2 amide bonds. The fourth-order valence-corrected chi connectivity index (χ4v) is 3.47. The van der Waals surface area contributed by atoms with E-state index in [1.807, 2.05) is 23.1 Å². The number of nitrogens with zero attached hydrogens (tertiary/aromatic N) is 1. The van der Waals surface area contributed by atoms with Crippen molar-refractivity contribution in [2.75, 3.05) is 19.9 Å². The highest BCUT2D eigenvalue weighted by Crippen LogP contribution is 2.48. The van der Waals surface area contributed by atoms with E-state index in [1.54, 1.807) is 0 Å². The zero-order chi connectivity index (χ0) is 16.6. The highest BCUT2D eigenvalue weighted by Gasteiger charge is 2.57. The Morgan fingerprint density at radius 1 is 1.08 bits per heavy atom. The second-order valence-corrected chi connectivity index (χ2v) is 6.81. The molecule has 0 unspecified atom stereocenters. The Kier molecular flexibility index (Phi) is 3.82. The van der Waals surface area contributed by atoms with Crippen molar-refractivity contribution in [3.63, 3.8) is 0 Å². The molecular weight excluding hydrogens is 308 g/mol. The van der Waals surface area contributed by atoms with Gasteiger partial charge in [0.25, 0.3) is 0 Å². The maximum absolute atomic E-state index is 12.7. The topological polar surface area (TPSA) is 67.9 Å². The Bertz CT molecular complexity index is 663. The zero-order valence-electron chi connectivity index (χ0n) is 13.7. The van der Waals surface area contributed by atoms with E-state index in [0.717, 1.165) is 37.2 Å². The molecule has 1 aliphatic carbocycles. The van der Waals surface area contributed by atoms with Crippen LogP contribution in [0.25, 0.3) is 0 Å². The molecule has 2 fully saturated rings. The lowest BCUT2D eigenvalue weighted by Gasteiger charge is -2.30. The fraction of sp³-hybridized carbons (Fsp3) is 0.556. The van der Waals surface area contributed by atoms with Gasteiger partial charge in [-0.1, -0.05) is 6.07 Å².